The molecule has 0 spiro atoms. The van der Waals surface area contributed by atoms with E-state index in [1.807, 2.05) is 0 Å². The van der Waals surface area contributed by atoms with Crippen LogP contribution >= 0.6 is 22.9 Å². The van der Waals surface area contributed by atoms with Crippen LogP contribution in [0.5, 0.6) is 0 Å². The Kier molecular flexibility index (Phi) is 4.58. The number of hydrogen-bond acceptors (Lipinski definition) is 3. The molecular formula is C10H14ClNOS. The molecule has 0 unspecified atom stereocenters. The number of hydrogen-bond donors (Lipinski definition) is 1. The fourth-order valence-electron chi connectivity index (χ4n) is 1.06. The highest BCUT2D eigenvalue weighted by molar-refractivity contribution is 7.18. The molecule has 0 aromatic carbocycles. The van der Waals surface area contributed by atoms with E-state index >= 15 is 0 Å². The summed E-state index contributed by atoms with van der Waals surface area (Å²) in [6, 6.07) is 3.97. The van der Waals surface area contributed by atoms with Gasteiger partial charge in [0, 0.05) is 19.0 Å². The fourth-order valence-corrected chi connectivity index (χ4v) is 2.07. The Morgan fingerprint density at radius 2 is 2.29 bits per heavy atom. The molecule has 0 amide bonds. The van der Waals surface area contributed by atoms with Crippen molar-refractivity contribution in [1.82, 2.24) is 5.32 Å². The Hall–Kier alpha value is -0.380. The minimum atomic E-state index is 0.162. The molecule has 0 aliphatic rings. The van der Waals surface area contributed by atoms with E-state index in [9.17, 15) is 4.79 Å². The Bertz CT molecular complexity index is 309. The lowest BCUT2D eigenvalue weighted by molar-refractivity contribution is 0.0986. The predicted octanol–water partition coefficient (Wildman–Crippen LogP) is 2.97. The molecule has 1 heterocycles. The van der Waals surface area contributed by atoms with Crippen molar-refractivity contribution in [3.63, 3.8) is 0 Å². The van der Waals surface area contributed by atoms with E-state index in [4.69, 9.17) is 11.6 Å². The standard InChI is InChI=1S/C10H14ClNOS/c1-7(2)12-6-5-8(13)9-3-4-10(11)14-9/h3-4,7,12H,5-6H2,1-2H3. The molecule has 0 aliphatic carbocycles. The zero-order valence-electron chi connectivity index (χ0n) is 8.34. The zero-order chi connectivity index (χ0) is 10.6. The van der Waals surface area contributed by atoms with Gasteiger partial charge in [0.2, 0.25) is 0 Å². The van der Waals surface area contributed by atoms with Crippen LogP contribution in [0.2, 0.25) is 4.34 Å². The lowest BCUT2D eigenvalue weighted by Gasteiger charge is -2.05. The summed E-state index contributed by atoms with van der Waals surface area (Å²) in [5.41, 5.74) is 0. The van der Waals surface area contributed by atoms with Crippen molar-refractivity contribution in [3.8, 4) is 0 Å². The van der Waals surface area contributed by atoms with Crippen LogP contribution in [0.25, 0.3) is 0 Å². The molecule has 14 heavy (non-hydrogen) atoms. The third kappa shape index (κ3) is 3.78. The number of Topliss-reactive ketones (excluding diaryl/α,β-unsaturated/α-hetero) is 1. The van der Waals surface area contributed by atoms with Crippen LogP contribution in [0.3, 0.4) is 0 Å². The number of nitrogens with one attached hydrogen (secondary N) is 1. The molecule has 0 radical (unpaired) electrons. The SMILES string of the molecule is CC(C)NCCC(=O)c1ccc(Cl)s1. The van der Waals surface area contributed by atoms with Crippen molar-refractivity contribution in [3.05, 3.63) is 21.3 Å². The highest BCUT2D eigenvalue weighted by Gasteiger charge is 2.08. The van der Waals surface area contributed by atoms with E-state index in [1.54, 1.807) is 12.1 Å². The minimum absolute atomic E-state index is 0.162. The van der Waals surface area contributed by atoms with Gasteiger partial charge in [0.1, 0.15) is 0 Å². The Morgan fingerprint density at radius 1 is 1.57 bits per heavy atom. The molecule has 78 valence electrons. The van der Waals surface area contributed by atoms with E-state index in [-0.39, 0.29) is 5.78 Å². The van der Waals surface area contributed by atoms with Gasteiger partial charge >= 0.3 is 0 Å². The smallest absolute Gasteiger partial charge is 0.174 e. The molecule has 2 nitrogen and oxygen atoms in total. The van der Waals surface area contributed by atoms with Gasteiger partial charge in [0.05, 0.1) is 9.21 Å². The third-order valence-corrected chi connectivity index (χ3v) is 3.02. The van der Waals surface area contributed by atoms with Gasteiger partial charge in [0.25, 0.3) is 0 Å². The summed E-state index contributed by atoms with van der Waals surface area (Å²) in [7, 11) is 0. The topological polar surface area (TPSA) is 29.1 Å². The summed E-state index contributed by atoms with van der Waals surface area (Å²) >= 11 is 7.08. The fraction of sp³-hybridized carbons (Fsp3) is 0.500. The Morgan fingerprint density at radius 3 is 2.79 bits per heavy atom. The lowest BCUT2D eigenvalue weighted by atomic mass is 10.2. The average Bonchev–Trinajstić information content (AvgIpc) is 2.51. The molecule has 0 aliphatic heterocycles. The van der Waals surface area contributed by atoms with E-state index in [2.05, 4.69) is 19.2 Å². The second-order valence-corrected chi connectivity index (χ2v) is 5.10. The van der Waals surface area contributed by atoms with Crippen molar-refractivity contribution in [2.75, 3.05) is 6.54 Å². The van der Waals surface area contributed by atoms with E-state index in [1.165, 1.54) is 11.3 Å². The second kappa shape index (κ2) is 5.49. The molecular weight excluding hydrogens is 218 g/mol. The van der Waals surface area contributed by atoms with Gasteiger partial charge in [-0.3, -0.25) is 4.79 Å². The molecule has 4 heteroatoms. The second-order valence-electron chi connectivity index (χ2n) is 3.39. The van der Waals surface area contributed by atoms with E-state index in [0.29, 0.717) is 16.8 Å². The van der Waals surface area contributed by atoms with Crippen LogP contribution in [0, 0.1) is 0 Å². The van der Waals surface area contributed by atoms with Gasteiger partial charge in [-0.15, -0.1) is 11.3 Å². The maximum atomic E-state index is 11.6. The maximum Gasteiger partial charge on any atom is 0.174 e. The summed E-state index contributed by atoms with van der Waals surface area (Å²) in [4.78, 5) is 12.3. The van der Waals surface area contributed by atoms with Gasteiger partial charge in [0.15, 0.2) is 5.78 Å². The summed E-state index contributed by atoms with van der Waals surface area (Å²) in [5.74, 6) is 0.162. The predicted molar refractivity (Wildman–Crippen MR) is 61.4 cm³/mol. The minimum Gasteiger partial charge on any atom is -0.314 e. The van der Waals surface area contributed by atoms with Crippen LogP contribution in [-0.2, 0) is 0 Å². The molecule has 1 N–H and O–H groups in total. The number of thiophene rings is 1. The normalized spacial score (nSPS) is 10.9. The van der Waals surface area contributed by atoms with Crippen LogP contribution in [0.4, 0.5) is 0 Å². The first-order valence-electron chi connectivity index (χ1n) is 4.61. The third-order valence-electron chi connectivity index (χ3n) is 1.75. The molecule has 0 saturated carbocycles. The van der Waals surface area contributed by atoms with Crippen LogP contribution in [-0.4, -0.2) is 18.4 Å². The van der Waals surface area contributed by atoms with Gasteiger partial charge in [-0.1, -0.05) is 25.4 Å². The van der Waals surface area contributed by atoms with Crippen molar-refractivity contribution in [2.24, 2.45) is 0 Å². The van der Waals surface area contributed by atoms with Gasteiger partial charge in [-0.2, -0.15) is 0 Å². The van der Waals surface area contributed by atoms with Crippen molar-refractivity contribution in [1.29, 1.82) is 0 Å². The molecule has 1 aromatic heterocycles. The quantitative estimate of drug-likeness (QED) is 0.790. The summed E-state index contributed by atoms with van der Waals surface area (Å²) in [6.07, 6.45) is 0.537. The van der Waals surface area contributed by atoms with Crippen molar-refractivity contribution in [2.45, 2.75) is 26.3 Å². The first-order valence-corrected chi connectivity index (χ1v) is 5.81. The number of ketones is 1. The van der Waals surface area contributed by atoms with Gasteiger partial charge in [-0.05, 0) is 12.1 Å². The van der Waals surface area contributed by atoms with Crippen LogP contribution in [0.1, 0.15) is 29.9 Å². The molecule has 0 fully saturated rings. The number of carbonyl (C=O) groups is 1. The Balaban J connectivity index is 2.36. The van der Waals surface area contributed by atoms with Crippen molar-refractivity contribution >= 4 is 28.7 Å². The molecule has 1 rings (SSSR count). The summed E-state index contributed by atoms with van der Waals surface area (Å²) in [6.45, 7) is 4.85. The van der Waals surface area contributed by atoms with E-state index in [0.717, 1.165) is 11.4 Å². The molecule has 0 saturated heterocycles. The largest absolute Gasteiger partial charge is 0.314 e. The Labute approximate surface area is 93.3 Å². The summed E-state index contributed by atoms with van der Waals surface area (Å²) in [5, 5.41) is 3.20. The summed E-state index contributed by atoms with van der Waals surface area (Å²) < 4.78 is 0.671. The molecule has 0 atom stereocenters. The van der Waals surface area contributed by atoms with Gasteiger partial charge < -0.3 is 5.32 Å². The monoisotopic (exact) mass is 231 g/mol. The highest BCUT2D eigenvalue weighted by atomic mass is 35.5. The maximum absolute atomic E-state index is 11.6. The first kappa shape index (κ1) is 11.7. The number of carbonyl (C=O) groups excluding carboxylic acids is 1. The van der Waals surface area contributed by atoms with Gasteiger partial charge in [-0.25, -0.2) is 0 Å². The molecule has 0 bridgehead atoms. The lowest BCUT2D eigenvalue weighted by Crippen LogP contribution is -2.25. The zero-order valence-corrected chi connectivity index (χ0v) is 9.91. The molecule has 1 aromatic rings. The van der Waals surface area contributed by atoms with E-state index < -0.39 is 0 Å². The van der Waals surface area contributed by atoms with Crippen LogP contribution < -0.4 is 5.32 Å². The number of halogens is 1. The average molecular weight is 232 g/mol. The highest BCUT2D eigenvalue weighted by Crippen LogP contribution is 2.22. The van der Waals surface area contributed by atoms with Crippen molar-refractivity contribution < 1.29 is 4.79 Å². The first-order chi connectivity index (χ1) is 6.59. The number of rotatable bonds is 5. The van der Waals surface area contributed by atoms with Crippen LogP contribution in [0.15, 0.2) is 12.1 Å².